The summed E-state index contributed by atoms with van der Waals surface area (Å²) in [5, 5.41) is 23.2. The number of carbonyl (C=O) groups is 1. The maximum Gasteiger partial charge on any atom is 0.322 e. The molecule has 2 aromatic rings. The molecular weight excluding hydrogens is 344 g/mol. The zero-order valence-corrected chi connectivity index (χ0v) is 14.8. The first-order chi connectivity index (χ1) is 11.7. The second-order valence-electron chi connectivity index (χ2n) is 6.45. The normalized spacial score (nSPS) is 22.0. The Labute approximate surface area is 148 Å². The quantitative estimate of drug-likeness (QED) is 0.630. The Kier molecular flexibility index (Phi) is 4.34. The summed E-state index contributed by atoms with van der Waals surface area (Å²) in [5.74, 6) is 0.222. The number of nitrogens with one attached hydrogen (secondary N) is 1. The smallest absolute Gasteiger partial charge is 0.322 e. The van der Waals surface area contributed by atoms with E-state index in [1.165, 1.54) is 17.8 Å². The molecule has 2 N–H and O–H groups in total. The van der Waals surface area contributed by atoms with Crippen molar-refractivity contribution in [3.8, 4) is 11.3 Å². The molecule has 25 heavy (non-hydrogen) atoms. The largest absolute Gasteiger partial charge is 0.480 e. The van der Waals surface area contributed by atoms with Crippen molar-refractivity contribution in [3.05, 3.63) is 51.8 Å². The number of benzene rings is 1. The lowest BCUT2D eigenvalue weighted by atomic mass is 10.0. The number of hydrogen-bond acceptors (Lipinski definition) is 6. The number of thioether (sulfide) groups is 1. The van der Waals surface area contributed by atoms with E-state index in [2.05, 4.69) is 5.32 Å². The van der Waals surface area contributed by atoms with Gasteiger partial charge in [0.25, 0.3) is 5.69 Å². The topological polar surface area (TPSA) is 106 Å². The van der Waals surface area contributed by atoms with Crippen LogP contribution in [0.15, 0.2) is 34.7 Å². The lowest BCUT2D eigenvalue weighted by molar-refractivity contribution is -0.385. The summed E-state index contributed by atoms with van der Waals surface area (Å²) in [6, 6.07) is 7.69. The van der Waals surface area contributed by atoms with E-state index in [1.54, 1.807) is 31.2 Å². The monoisotopic (exact) mass is 362 g/mol. The van der Waals surface area contributed by atoms with Gasteiger partial charge in [-0.05, 0) is 32.9 Å². The average Bonchev–Trinajstić information content (AvgIpc) is 3.11. The Hall–Kier alpha value is -2.32. The average molecular weight is 362 g/mol. The van der Waals surface area contributed by atoms with Gasteiger partial charge >= 0.3 is 5.97 Å². The molecule has 0 bridgehead atoms. The van der Waals surface area contributed by atoms with Gasteiger partial charge in [-0.1, -0.05) is 12.1 Å². The van der Waals surface area contributed by atoms with Crippen LogP contribution in [0.1, 0.15) is 30.5 Å². The maximum atomic E-state index is 11.4. The molecule has 2 unspecified atom stereocenters. The Morgan fingerprint density at radius 1 is 1.36 bits per heavy atom. The molecule has 0 saturated carbocycles. The van der Waals surface area contributed by atoms with E-state index >= 15 is 0 Å². The molecule has 1 saturated heterocycles. The zero-order chi connectivity index (χ0) is 18.4. The third-order valence-electron chi connectivity index (χ3n) is 4.33. The minimum Gasteiger partial charge on any atom is -0.480 e. The molecule has 0 spiro atoms. The number of hydrogen-bond donors (Lipinski definition) is 2. The van der Waals surface area contributed by atoms with Crippen molar-refractivity contribution >= 4 is 23.4 Å². The van der Waals surface area contributed by atoms with Crippen LogP contribution in [-0.4, -0.2) is 26.8 Å². The molecule has 7 nitrogen and oxygen atoms in total. The highest BCUT2D eigenvalue weighted by molar-refractivity contribution is 8.01. The number of nitro benzene ring substituents is 1. The van der Waals surface area contributed by atoms with Gasteiger partial charge < -0.3 is 9.52 Å². The van der Waals surface area contributed by atoms with Crippen LogP contribution in [-0.2, 0) is 4.79 Å². The van der Waals surface area contributed by atoms with Crippen LogP contribution in [0.25, 0.3) is 11.3 Å². The Morgan fingerprint density at radius 2 is 2.08 bits per heavy atom. The summed E-state index contributed by atoms with van der Waals surface area (Å²) in [4.78, 5) is 22.1. The van der Waals surface area contributed by atoms with Crippen LogP contribution in [0.3, 0.4) is 0 Å². The fraction of sp³-hybridized carbons (Fsp3) is 0.353. The molecule has 0 aliphatic carbocycles. The summed E-state index contributed by atoms with van der Waals surface area (Å²) in [6.45, 7) is 5.43. The summed E-state index contributed by atoms with van der Waals surface area (Å²) >= 11 is 1.48. The highest BCUT2D eigenvalue weighted by Gasteiger charge is 2.46. The SMILES string of the molecule is Cc1c(-c2ccc(C3NC(C(=O)O)C(C)(C)S3)o2)cccc1[N+](=O)[O-]. The summed E-state index contributed by atoms with van der Waals surface area (Å²) < 4.78 is 5.41. The van der Waals surface area contributed by atoms with Gasteiger partial charge in [0, 0.05) is 21.9 Å². The maximum absolute atomic E-state index is 11.4. The molecule has 2 heterocycles. The minimum absolute atomic E-state index is 0.0379. The Balaban J connectivity index is 1.91. The predicted molar refractivity (Wildman–Crippen MR) is 94.5 cm³/mol. The Bertz CT molecular complexity index is 845. The molecule has 132 valence electrons. The van der Waals surface area contributed by atoms with Crippen LogP contribution in [0, 0.1) is 17.0 Å². The van der Waals surface area contributed by atoms with Gasteiger partial charge in [0.05, 0.1) is 4.92 Å². The van der Waals surface area contributed by atoms with E-state index in [0.717, 1.165) is 0 Å². The van der Waals surface area contributed by atoms with Gasteiger partial charge in [-0.25, -0.2) is 0 Å². The van der Waals surface area contributed by atoms with Gasteiger partial charge in [-0.15, -0.1) is 11.8 Å². The van der Waals surface area contributed by atoms with Gasteiger partial charge in [0.2, 0.25) is 0 Å². The number of furan rings is 1. The van der Waals surface area contributed by atoms with Crippen molar-refractivity contribution in [3.63, 3.8) is 0 Å². The van der Waals surface area contributed by atoms with E-state index in [-0.39, 0.29) is 11.1 Å². The molecule has 0 radical (unpaired) electrons. The van der Waals surface area contributed by atoms with Crippen LogP contribution in [0.2, 0.25) is 0 Å². The van der Waals surface area contributed by atoms with Crippen LogP contribution in [0.5, 0.6) is 0 Å². The molecule has 1 aromatic heterocycles. The predicted octanol–water partition coefficient (Wildman–Crippen LogP) is 3.73. The van der Waals surface area contributed by atoms with E-state index in [4.69, 9.17) is 4.42 Å². The first-order valence-electron chi connectivity index (χ1n) is 7.71. The Morgan fingerprint density at radius 3 is 2.68 bits per heavy atom. The number of rotatable bonds is 4. The lowest BCUT2D eigenvalue weighted by Gasteiger charge is -2.20. The number of aliphatic carboxylic acids is 1. The standard InChI is InChI=1S/C17H18N2O5S/c1-9-10(5-4-6-11(9)19(22)23)12-7-8-13(24-12)15-18-14(16(20)21)17(2,3)25-15/h4-8,14-15,18H,1-3H3,(H,20,21). The van der Waals surface area contributed by atoms with Crippen molar-refractivity contribution in [2.45, 2.75) is 36.9 Å². The highest BCUT2D eigenvalue weighted by atomic mass is 32.2. The zero-order valence-electron chi connectivity index (χ0n) is 14.0. The van der Waals surface area contributed by atoms with E-state index < -0.39 is 21.7 Å². The number of nitrogens with zero attached hydrogens (tertiary/aromatic N) is 1. The number of carboxylic acids is 1. The fourth-order valence-corrected chi connectivity index (χ4v) is 4.35. The molecular formula is C17H18N2O5S. The number of nitro groups is 1. The van der Waals surface area contributed by atoms with Gasteiger partial charge in [-0.2, -0.15) is 0 Å². The van der Waals surface area contributed by atoms with Crippen molar-refractivity contribution < 1.29 is 19.2 Å². The molecule has 1 aliphatic rings. The lowest BCUT2D eigenvalue weighted by Crippen LogP contribution is -2.43. The van der Waals surface area contributed by atoms with Gasteiger partial charge in [0.15, 0.2) is 0 Å². The van der Waals surface area contributed by atoms with Crippen LogP contribution < -0.4 is 5.32 Å². The fourth-order valence-electron chi connectivity index (χ4n) is 2.99. The van der Waals surface area contributed by atoms with Crippen molar-refractivity contribution in [1.82, 2.24) is 5.32 Å². The summed E-state index contributed by atoms with van der Waals surface area (Å²) in [7, 11) is 0. The van der Waals surface area contributed by atoms with Gasteiger partial charge in [-0.3, -0.25) is 20.2 Å². The van der Waals surface area contributed by atoms with Crippen molar-refractivity contribution in [2.75, 3.05) is 0 Å². The van der Waals surface area contributed by atoms with Crippen LogP contribution >= 0.6 is 11.8 Å². The van der Waals surface area contributed by atoms with Crippen molar-refractivity contribution in [2.24, 2.45) is 0 Å². The first kappa shape index (κ1) is 17.5. The summed E-state index contributed by atoms with van der Waals surface area (Å²) in [6.07, 6.45) is 0. The van der Waals surface area contributed by atoms with Gasteiger partial charge in [0.1, 0.15) is 22.9 Å². The molecule has 0 amide bonds. The molecule has 3 rings (SSSR count). The third kappa shape index (κ3) is 3.14. The second kappa shape index (κ2) is 6.20. The summed E-state index contributed by atoms with van der Waals surface area (Å²) in [5.41, 5.74) is 1.22. The van der Waals surface area contributed by atoms with E-state index in [0.29, 0.717) is 22.6 Å². The van der Waals surface area contributed by atoms with E-state index in [1.807, 2.05) is 13.8 Å². The molecule has 1 aliphatic heterocycles. The molecule has 1 fully saturated rings. The van der Waals surface area contributed by atoms with Crippen LogP contribution in [0.4, 0.5) is 5.69 Å². The first-order valence-corrected chi connectivity index (χ1v) is 8.59. The minimum atomic E-state index is -0.902. The second-order valence-corrected chi connectivity index (χ2v) is 8.21. The van der Waals surface area contributed by atoms with E-state index in [9.17, 15) is 20.0 Å². The molecule has 8 heteroatoms. The van der Waals surface area contributed by atoms with Crippen molar-refractivity contribution in [1.29, 1.82) is 0 Å². The molecule has 2 atom stereocenters. The number of carboxylic acid groups (broad SMARTS) is 1. The molecule has 1 aromatic carbocycles. The third-order valence-corrected chi connectivity index (χ3v) is 5.78. The highest BCUT2D eigenvalue weighted by Crippen LogP contribution is 2.46.